The molecular weight excluding hydrogens is 183 g/mol. The fraction of sp³-hybridized carbons (Fsp3) is 0.250. The van der Waals surface area contributed by atoms with Crippen molar-refractivity contribution < 1.29 is 53.5 Å². The largest absolute Gasteiger partial charge is 1.00 e. The van der Waals surface area contributed by atoms with Gasteiger partial charge in [0.05, 0.1) is 7.11 Å². The number of carbonyl (C=O) groups is 1. The Morgan fingerprint density at radius 3 is 2.09 bits per heavy atom. The topological polar surface area (TPSA) is 80.7 Å². The van der Waals surface area contributed by atoms with Crippen LogP contribution in [0.25, 0.3) is 0 Å². The first-order valence-electron chi connectivity index (χ1n) is 2.14. The first-order valence-corrected chi connectivity index (χ1v) is 3.55. The van der Waals surface area contributed by atoms with Crippen LogP contribution < -0.4 is 29.6 Å². The molecule has 7 heteroatoms. The van der Waals surface area contributed by atoms with Gasteiger partial charge in [0.1, 0.15) is 0 Å². The minimum Gasteiger partial charge on any atom is -1.00 e. The fourth-order valence-corrected chi connectivity index (χ4v) is 0.623. The van der Waals surface area contributed by atoms with Crippen LogP contribution in [0.5, 0.6) is 0 Å². The third-order valence-electron chi connectivity index (χ3n) is 0.760. The molecule has 5 nitrogen and oxygen atoms in total. The van der Waals surface area contributed by atoms with E-state index in [-0.39, 0.29) is 31.0 Å². The molecule has 0 fully saturated rings. The van der Waals surface area contributed by atoms with Crippen molar-refractivity contribution in [3.8, 4) is 0 Å². The van der Waals surface area contributed by atoms with Gasteiger partial charge in [0.25, 0.3) is 0 Å². The normalized spacial score (nSPS) is 9.91. The Bertz CT molecular complexity index is 259. The van der Waals surface area contributed by atoms with Gasteiger partial charge >= 0.3 is 45.6 Å². The third kappa shape index (κ3) is 3.88. The molecule has 0 aromatic heterocycles. The zero-order chi connectivity index (χ0) is 8.36. The number of carboxylic acids is 1. The Hall–Kier alpha value is 0.120. The molecule has 0 aliphatic heterocycles. The van der Waals surface area contributed by atoms with E-state index < -0.39 is 21.0 Å². The quantitative estimate of drug-likeness (QED) is 0.286. The molecule has 0 spiro atoms. The molecule has 0 aromatic rings. The predicted octanol–water partition coefficient (Wildman–Crippen LogP) is -3.32. The SMILES string of the molecule is C=C(C(=O)O)S(=O)(=O)OC.[H-].[Na+]. The van der Waals surface area contributed by atoms with Crippen molar-refractivity contribution >= 4 is 16.1 Å². The minimum absolute atomic E-state index is 0. The monoisotopic (exact) mass is 190 g/mol. The van der Waals surface area contributed by atoms with Gasteiger partial charge in [-0.1, -0.05) is 6.58 Å². The molecule has 0 heterocycles. The van der Waals surface area contributed by atoms with Crippen LogP contribution in [0.3, 0.4) is 0 Å². The third-order valence-corrected chi connectivity index (χ3v) is 1.98. The summed E-state index contributed by atoms with van der Waals surface area (Å²) in [4.78, 5) is 8.98. The van der Waals surface area contributed by atoms with Crippen LogP contribution in [0, 0.1) is 0 Å². The standard InChI is InChI=1S/C4H6O5S.Na.H/c1-3(4(5)6)10(7,8)9-2;;/h1H2,2H3,(H,5,6);;/q;+1;-1. The van der Waals surface area contributed by atoms with Gasteiger partial charge in [0.15, 0.2) is 4.91 Å². The maximum atomic E-state index is 10.4. The average Bonchev–Trinajstić information content (AvgIpc) is 1.86. The Labute approximate surface area is 87.9 Å². The molecule has 0 saturated heterocycles. The van der Waals surface area contributed by atoms with E-state index in [9.17, 15) is 13.2 Å². The second-order valence-electron chi connectivity index (χ2n) is 1.35. The molecule has 0 saturated carbocycles. The summed E-state index contributed by atoms with van der Waals surface area (Å²) in [6.07, 6.45) is 0. The van der Waals surface area contributed by atoms with Gasteiger partial charge in [0, 0.05) is 0 Å². The van der Waals surface area contributed by atoms with Crippen molar-refractivity contribution in [2.45, 2.75) is 0 Å². The molecule has 0 aromatic carbocycles. The Kier molecular flexibility index (Phi) is 6.09. The summed E-state index contributed by atoms with van der Waals surface area (Å²) >= 11 is 0. The molecular formula is C4H7NaO5S. The average molecular weight is 190 g/mol. The molecule has 0 aliphatic rings. The number of rotatable bonds is 3. The van der Waals surface area contributed by atoms with Crippen molar-refractivity contribution in [2.24, 2.45) is 0 Å². The summed E-state index contributed by atoms with van der Waals surface area (Å²) in [6, 6.07) is 0. The van der Waals surface area contributed by atoms with E-state index in [1.807, 2.05) is 0 Å². The minimum atomic E-state index is -4.09. The van der Waals surface area contributed by atoms with Crippen LogP contribution in [-0.4, -0.2) is 26.6 Å². The molecule has 0 amide bonds. The summed E-state index contributed by atoms with van der Waals surface area (Å²) in [6.45, 7) is 2.78. The fourth-order valence-electron chi connectivity index (χ4n) is 0.208. The van der Waals surface area contributed by atoms with Crippen molar-refractivity contribution in [1.29, 1.82) is 0 Å². The molecule has 60 valence electrons. The van der Waals surface area contributed by atoms with Gasteiger partial charge in [0.2, 0.25) is 0 Å². The van der Waals surface area contributed by atoms with E-state index in [1.54, 1.807) is 0 Å². The first-order chi connectivity index (χ1) is 4.41. The summed E-state index contributed by atoms with van der Waals surface area (Å²) < 4.78 is 24.7. The van der Waals surface area contributed by atoms with E-state index in [1.165, 1.54) is 0 Å². The van der Waals surface area contributed by atoms with Crippen LogP contribution >= 0.6 is 0 Å². The molecule has 1 N–H and O–H groups in total. The van der Waals surface area contributed by atoms with Crippen LogP contribution in [0.2, 0.25) is 0 Å². The maximum absolute atomic E-state index is 10.4. The van der Waals surface area contributed by atoms with Gasteiger partial charge in [-0.25, -0.2) is 4.79 Å². The van der Waals surface area contributed by atoms with Gasteiger partial charge in [-0.05, 0) is 0 Å². The van der Waals surface area contributed by atoms with E-state index >= 15 is 0 Å². The van der Waals surface area contributed by atoms with E-state index in [2.05, 4.69) is 10.8 Å². The number of hydrogen-bond acceptors (Lipinski definition) is 4. The molecule has 11 heavy (non-hydrogen) atoms. The second kappa shape index (κ2) is 4.89. The van der Waals surface area contributed by atoms with Crippen molar-refractivity contribution in [3.05, 3.63) is 11.5 Å². The molecule has 0 atom stereocenters. The number of hydrogen-bond donors (Lipinski definition) is 1. The van der Waals surface area contributed by atoms with Crippen LogP contribution in [0.1, 0.15) is 1.43 Å². The zero-order valence-electron chi connectivity index (χ0n) is 7.20. The maximum Gasteiger partial charge on any atom is 1.00 e. The first kappa shape index (κ1) is 13.7. The van der Waals surface area contributed by atoms with E-state index in [4.69, 9.17) is 5.11 Å². The van der Waals surface area contributed by atoms with E-state index in [0.717, 1.165) is 7.11 Å². The van der Waals surface area contributed by atoms with Crippen LogP contribution in [0.4, 0.5) is 0 Å². The van der Waals surface area contributed by atoms with Gasteiger partial charge in [-0.15, -0.1) is 0 Å². The molecule has 0 bridgehead atoms. The van der Waals surface area contributed by atoms with Gasteiger partial charge < -0.3 is 6.53 Å². The van der Waals surface area contributed by atoms with Gasteiger partial charge in [-0.2, -0.15) is 8.42 Å². The van der Waals surface area contributed by atoms with Crippen molar-refractivity contribution in [2.75, 3.05) is 7.11 Å². The number of carboxylic acid groups (broad SMARTS) is 1. The molecule has 0 rings (SSSR count). The molecule has 0 unspecified atom stereocenters. The smallest absolute Gasteiger partial charge is 1.00 e. The Balaban J connectivity index is -0.000000405. The second-order valence-corrected chi connectivity index (χ2v) is 3.08. The van der Waals surface area contributed by atoms with Crippen LogP contribution in [0.15, 0.2) is 11.5 Å². The summed E-state index contributed by atoms with van der Waals surface area (Å²) in [5.74, 6) is -1.61. The van der Waals surface area contributed by atoms with Crippen LogP contribution in [-0.2, 0) is 19.1 Å². The summed E-state index contributed by atoms with van der Waals surface area (Å²) in [7, 11) is -3.23. The summed E-state index contributed by atoms with van der Waals surface area (Å²) in [5, 5.41) is 8.09. The van der Waals surface area contributed by atoms with Crippen molar-refractivity contribution in [3.63, 3.8) is 0 Å². The van der Waals surface area contributed by atoms with Gasteiger partial charge in [-0.3, -0.25) is 4.18 Å². The predicted molar refractivity (Wildman–Crippen MR) is 33.8 cm³/mol. The Morgan fingerprint density at radius 1 is 1.64 bits per heavy atom. The summed E-state index contributed by atoms with van der Waals surface area (Å²) in [5.41, 5.74) is 0. The molecule has 0 radical (unpaired) electrons. The van der Waals surface area contributed by atoms with E-state index in [0.29, 0.717) is 0 Å². The Morgan fingerprint density at radius 2 is 2.00 bits per heavy atom. The molecule has 0 aliphatic carbocycles. The number of aliphatic carboxylic acids is 1. The van der Waals surface area contributed by atoms with Crippen molar-refractivity contribution in [1.82, 2.24) is 0 Å². The zero-order valence-corrected chi connectivity index (χ0v) is 9.01.